The first-order chi connectivity index (χ1) is 7.63. The molecule has 3 N–H and O–H groups in total. The highest BCUT2D eigenvalue weighted by Gasteiger charge is 2.09. The molecule has 0 saturated carbocycles. The van der Waals surface area contributed by atoms with Gasteiger partial charge in [0, 0.05) is 13.1 Å². The fourth-order valence-corrected chi connectivity index (χ4v) is 1.21. The van der Waals surface area contributed by atoms with Crippen LogP contribution >= 0.6 is 0 Å². The molecule has 16 heavy (non-hydrogen) atoms. The van der Waals surface area contributed by atoms with Crippen LogP contribution in [-0.2, 0) is 6.54 Å². The van der Waals surface area contributed by atoms with Gasteiger partial charge >= 0.3 is 0 Å². The zero-order valence-electron chi connectivity index (χ0n) is 9.81. The van der Waals surface area contributed by atoms with E-state index in [-0.39, 0.29) is 5.91 Å². The Labute approximate surface area is 95.2 Å². The molecule has 0 aliphatic carbocycles. The van der Waals surface area contributed by atoms with E-state index in [1.807, 2.05) is 0 Å². The van der Waals surface area contributed by atoms with Gasteiger partial charge < -0.3 is 11.1 Å². The summed E-state index contributed by atoms with van der Waals surface area (Å²) < 4.78 is 1.57. The Morgan fingerprint density at radius 1 is 1.62 bits per heavy atom. The van der Waals surface area contributed by atoms with Crippen LogP contribution in [0.25, 0.3) is 0 Å². The number of hydrogen-bond acceptors (Lipinski definition) is 4. The van der Waals surface area contributed by atoms with Crippen molar-refractivity contribution in [1.29, 1.82) is 0 Å². The second-order valence-electron chi connectivity index (χ2n) is 4.09. The molecular formula is C10H19N5O. The molecule has 0 atom stereocenters. The van der Waals surface area contributed by atoms with Crippen LogP contribution in [-0.4, -0.2) is 34.0 Å². The molecule has 1 amide bonds. The van der Waals surface area contributed by atoms with Crippen LogP contribution in [0, 0.1) is 5.92 Å². The average molecular weight is 225 g/mol. The van der Waals surface area contributed by atoms with Crippen molar-refractivity contribution in [3.05, 3.63) is 11.9 Å². The van der Waals surface area contributed by atoms with E-state index in [9.17, 15) is 4.79 Å². The number of aromatic nitrogens is 3. The number of nitrogens with zero attached hydrogens (tertiary/aromatic N) is 3. The lowest BCUT2D eigenvalue weighted by Gasteiger charge is -2.04. The van der Waals surface area contributed by atoms with Gasteiger partial charge in [-0.3, -0.25) is 9.48 Å². The molecular weight excluding hydrogens is 206 g/mol. The van der Waals surface area contributed by atoms with E-state index in [0.29, 0.717) is 31.2 Å². The maximum absolute atomic E-state index is 11.6. The van der Waals surface area contributed by atoms with Crippen LogP contribution in [0.4, 0.5) is 0 Å². The summed E-state index contributed by atoms with van der Waals surface area (Å²) in [6.07, 6.45) is 2.57. The second-order valence-corrected chi connectivity index (χ2v) is 4.09. The Morgan fingerprint density at radius 2 is 2.38 bits per heavy atom. The quantitative estimate of drug-likeness (QED) is 0.714. The first-order valence-corrected chi connectivity index (χ1v) is 5.52. The fourth-order valence-electron chi connectivity index (χ4n) is 1.21. The van der Waals surface area contributed by atoms with E-state index in [2.05, 4.69) is 29.5 Å². The lowest BCUT2D eigenvalue weighted by Crippen LogP contribution is -2.25. The summed E-state index contributed by atoms with van der Waals surface area (Å²) in [4.78, 5) is 11.6. The molecule has 0 unspecified atom stereocenters. The van der Waals surface area contributed by atoms with E-state index in [1.165, 1.54) is 0 Å². The van der Waals surface area contributed by atoms with Crippen LogP contribution in [0.15, 0.2) is 6.20 Å². The molecule has 0 aliphatic heterocycles. The molecule has 1 heterocycles. The summed E-state index contributed by atoms with van der Waals surface area (Å²) in [5.74, 6) is 0.400. The van der Waals surface area contributed by atoms with Gasteiger partial charge in [0.15, 0.2) is 5.69 Å². The number of amides is 1. The van der Waals surface area contributed by atoms with Gasteiger partial charge in [-0.1, -0.05) is 19.1 Å². The molecule has 0 fully saturated rings. The van der Waals surface area contributed by atoms with Gasteiger partial charge in [0.2, 0.25) is 0 Å². The number of carbonyl (C=O) groups is 1. The van der Waals surface area contributed by atoms with E-state index >= 15 is 0 Å². The van der Waals surface area contributed by atoms with Gasteiger partial charge in [-0.2, -0.15) is 0 Å². The molecule has 0 aliphatic rings. The lowest BCUT2D eigenvalue weighted by atomic mass is 10.1. The first-order valence-electron chi connectivity index (χ1n) is 5.52. The summed E-state index contributed by atoms with van der Waals surface area (Å²) in [5.41, 5.74) is 5.71. The Bertz CT molecular complexity index is 334. The van der Waals surface area contributed by atoms with Crippen molar-refractivity contribution < 1.29 is 4.79 Å². The van der Waals surface area contributed by atoms with Crippen molar-refractivity contribution >= 4 is 5.91 Å². The molecule has 0 spiro atoms. The topological polar surface area (TPSA) is 85.8 Å². The Hall–Kier alpha value is -1.43. The van der Waals surface area contributed by atoms with Gasteiger partial charge in [-0.15, -0.1) is 5.10 Å². The smallest absolute Gasteiger partial charge is 0.273 e. The molecule has 6 nitrogen and oxygen atoms in total. The summed E-state index contributed by atoms with van der Waals surface area (Å²) in [5, 5.41) is 10.4. The molecule has 0 bridgehead atoms. The molecule has 0 aromatic carbocycles. The van der Waals surface area contributed by atoms with Crippen LogP contribution < -0.4 is 11.1 Å². The third-order valence-electron chi connectivity index (χ3n) is 2.14. The maximum atomic E-state index is 11.6. The van der Waals surface area contributed by atoms with Crippen molar-refractivity contribution in [1.82, 2.24) is 20.3 Å². The number of hydrogen-bond donors (Lipinski definition) is 2. The minimum atomic E-state index is -0.177. The van der Waals surface area contributed by atoms with E-state index in [1.54, 1.807) is 10.9 Å². The maximum Gasteiger partial charge on any atom is 0.273 e. The molecule has 0 radical (unpaired) electrons. The van der Waals surface area contributed by atoms with Gasteiger partial charge in [-0.25, -0.2) is 0 Å². The van der Waals surface area contributed by atoms with E-state index in [4.69, 9.17) is 5.73 Å². The summed E-state index contributed by atoms with van der Waals surface area (Å²) in [6, 6.07) is 0. The highest BCUT2D eigenvalue weighted by molar-refractivity contribution is 5.91. The standard InChI is InChI=1S/C10H19N5O/c1-8(2)3-5-12-10(16)9-7-15(6-4-11)14-13-9/h7-8H,3-6,11H2,1-2H3,(H,12,16). The minimum Gasteiger partial charge on any atom is -0.351 e. The fraction of sp³-hybridized carbons (Fsp3) is 0.700. The SMILES string of the molecule is CC(C)CCNC(=O)c1cn(CCN)nn1. The molecule has 1 aromatic rings. The number of rotatable bonds is 6. The molecule has 0 saturated heterocycles. The zero-order valence-corrected chi connectivity index (χ0v) is 9.81. The van der Waals surface area contributed by atoms with Crippen LogP contribution in [0.1, 0.15) is 30.8 Å². The van der Waals surface area contributed by atoms with Crippen LogP contribution in [0.3, 0.4) is 0 Å². The average Bonchev–Trinajstić information content (AvgIpc) is 2.66. The predicted molar refractivity (Wildman–Crippen MR) is 60.9 cm³/mol. The van der Waals surface area contributed by atoms with Gasteiger partial charge in [0.25, 0.3) is 5.91 Å². The van der Waals surface area contributed by atoms with Crippen molar-refractivity contribution in [2.45, 2.75) is 26.8 Å². The van der Waals surface area contributed by atoms with E-state index < -0.39 is 0 Å². The highest BCUT2D eigenvalue weighted by atomic mass is 16.2. The molecule has 6 heteroatoms. The summed E-state index contributed by atoms with van der Waals surface area (Å²) in [6.45, 7) is 5.96. The lowest BCUT2D eigenvalue weighted by molar-refractivity contribution is 0.0947. The monoisotopic (exact) mass is 225 g/mol. The Balaban J connectivity index is 2.40. The first kappa shape index (κ1) is 12.6. The highest BCUT2D eigenvalue weighted by Crippen LogP contribution is 1.98. The third-order valence-corrected chi connectivity index (χ3v) is 2.14. The third kappa shape index (κ3) is 3.98. The number of nitrogens with two attached hydrogens (primary N) is 1. The van der Waals surface area contributed by atoms with Gasteiger partial charge in [-0.05, 0) is 12.3 Å². The van der Waals surface area contributed by atoms with Gasteiger partial charge in [0.05, 0.1) is 12.7 Å². The van der Waals surface area contributed by atoms with Gasteiger partial charge in [0.1, 0.15) is 0 Å². The molecule has 1 aromatic heterocycles. The van der Waals surface area contributed by atoms with Crippen molar-refractivity contribution in [3.63, 3.8) is 0 Å². The summed E-state index contributed by atoms with van der Waals surface area (Å²) >= 11 is 0. The number of carbonyl (C=O) groups excluding carboxylic acids is 1. The zero-order chi connectivity index (χ0) is 12.0. The Kier molecular flexibility index (Phi) is 4.91. The normalized spacial score (nSPS) is 10.8. The predicted octanol–water partition coefficient (Wildman–Crippen LogP) is 0.0127. The van der Waals surface area contributed by atoms with Crippen molar-refractivity contribution in [2.24, 2.45) is 11.7 Å². The number of nitrogens with one attached hydrogen (secondary N) is 1. The second kappa shape index (κ2) is 6.22. The minimum absolute atomic E-state index is 0.177. The molecule has 1 rings (SSSR count). The van der Waals surface area contributed by atoms with Crippen LogP contribution in [0.5, 0.6) is 0 Å². The van der Waals surface area contributed by atoms with Crippen molar-refractivity contribution in [3.8, 4) is 0 Å². The summed E-state index contributed by atoms with van der Waals surface area (Å²) in [7, 11) is 0. The largest absolute Gasteiger partial charge is 0.351 e. The van der Waals surface area contributed by atoms with Crippen molar-refractivity contribution in [2.75, 3.05) is 13.1 Å². The van der Waals surface area contributed by atoms with E-state index in [0.717, 1.165) is 6.42 Å². The van der Waals surface area contributed by atoms with Crippen LogP contribution in [0.2, 0.25) is 0 Å². The molecule has 90 valence electrons. The Morgan fingerprint density at radius 3 is 3.00 bits per heavy atom.